The predicted molar refractivity (Wildman–Crippen MR) is 108 cm³/mol. The fourth-order valence-electron chi connectivity index (χ4n) is 5.06. The maximum Gasteiger partial charge on any atom is 0.249 e. The molecule has 7 nitrogen and oxygen atoms in total. The summed E-state index contributed by atoms with van der Waals surface area (Å²) in [6.45, 7) is 0. The van der Waals surface area contributed by atoms with Gasteiger partial charge in [-0.2, -0.15) is 0 Å². The summed E-state index contributed by atoms with van der Waals surface area (Å²) in [6.07, 6.45) is 6.52. The SMILES string of the molecule is O=C(Nc1ncccc1O)[C@H](Cc1ccccc1)N1C(=O)[C@@H]2[C@@H](C1=O)[C@H]1C=C[C@H]2C1. The summed E-state index contributed by atoms with van der Waals surface area (Å²) in [5.74, 6) is -1.88. The molecular formula is C23H21N3O4. The van der Waals surface area contributed by atoms with E-state index in [9.17, 15) is 19.5 Å². The summed E-state index contributed by atoms with van der Waals surface area (Å²) in [5.41, 5.74) is 0.835. The van der Waals surface area contributed by atoms with Crippen LogP contribution in [-0.2, 0) is 20.8 Å². The number of rotatable bonds is 5. The molecule has 3 amide bonds. The zero-order valence-electron chi connectivity index (χ0n) is 16.1. The van der Waals surface area contributed by atoms with Crippen molar-refractivity contribution < 1.29 is 19.5 Å². The molecule has 0 spiro atoms. The molecule has 5 rings (SSSR count). The van der Waals surface area contributed by atoms with Crippen LogP contribution in [-0.4, -0.2) is 38.8 Å². The van der Waals surface area contributed by atoms with Gasteiger partial charge in [-0.1, -0.05) is 42.5 Å². The molecule has 3 aliphatic rings. The number of carbonyl (C=O) groups is 3. The summed E-state index contributed by atoms with van der Waals surface area (Å²) < 4.78 is 0. The Labute approximate surface area is 173 Å². The van der Waals surface area contributed by atoms with Crippen LogP contribution in [0.1, 0.15) is 12.0 Å². The summed E-state index contributed by atoms with van der Waals surface area (Å²) >= 11 is 0. The predicted octanol–water partition coefficient (Wildman–Crippen LogP) is 2.14. The average molecular weight is 403 g/mol. The smallest absolute Gasteiger partial charge is 0.249 e. The molecule has 7 heteroatoms. The van der Waals surface area contributed by atoms with E-state index >= 15 is 0 Å². The number of hydrogen-bond donors (Lipinski definition) is 2. The number of aromatic nitrogens is 1. The number of carbonyl (C=O) groups excluding carboxylic acids is 3. The molecular weight excluding hydrogens is 382 g/mol. The molecule has 1 saturated carbocycles. The first-order valence-corrected chi connectivity index (χ1v) is 10.1. The van der Waals surface area contributed by atoms with Gasteiger partial charge in [-0.25, -0.2) is 4.98 Å². The fraction of sp³-hybridized carbons (Fsp3) is 0.304. The quantitative estimate of drug-likeness (QED) is 0.589. The van der Waals surface area contributed by atoms with Crippen molar-refractivity contribution in [2.45, 2.75) is 18.9 Å². The van der Waals surface area contributed by atoms with E-state index < -0.39 is 11.9 Å². The molecule has 1 aromatic carbocycles. The Bertz CT molecular complexity index is 1020. The van der Waals surface area contributed by atoms with Crippen molar-refractivity contribution in [1.29, 1.82) is 0 Å². The van der Waals surface area contributed by atoms with E-state index in [1.54, 1.807) is 6.07 Å². The number of aromatic hydroxyl groups is 1. The molecule has 0 unspecified atom stereocenters. The molecule has 1 saturated heterocycles. The van der Waals surface area contributed by atoms with Gasteiger partial charge in [0, 0.05) is 12.6 Å². The van der Waals surface area contributed by atoms with Crippen LogP contribution in [0.15, 0.2) is 60.8 Å². The van der Waals surface area contributed by atoms with Gasteiger partial charge in [0.1, 0.15) is 6.04 Å². The van der Waals surface area contributed by atoms with Gasteiger partial charge in [0.05, 0.1) is 11.8 Å². The minimum Gasteiger partial charge on any atom is -0.504 e. The summed E-state index contributed by atoms with van der Waals surface area (Å²) in [6, 6.07) is 11.2. The number of pyridine rings is 1. The number of nitrogens with zero attached hydrogens (tertiary/aromatic N) is 2. The number of fused-ring (bicyclic) bond motifs is 5. The van der Waals surface area contributed by atoms with E-state index in [4.69, 9.17) is 0 Å². The van der Waals surface area contributed by atoms with Crippen LogP contribution in [0.5, 0.6) is 5.75 Å². The van der Waals surface area contributed by atoms with Crippen molar-refractivity contribution in [3.05, 3.63) is 66.4 Å². The molecule has 2 fully saturated rings. The second kappa shape index (κ2) is 7.09. The lowest BCUT2D eigenvalue weighted by Gasteiger charge is -2.27. The van der Waals surface area contributed by atoms with E-state index in [-0.39, 0.29) is 53.5 Å². The molecule has 30 heavy (non-hydrogen) atoms. The van der Waals surface area contributed by atoms with Crippen LogP contribution < -0.4 is 5.32 Å². The second-order valence-electron chi connectivity index (χ2n) is 8.11. The van der Waals surface area contributed by atoms with Gasteiger partial charge >= 0.3 is 0 Å². The molecule has 2 aliphatic carbocycles. The Hall–Kier alpha value is -3.48. The standard InChI is InChI=1S/C23H21N3O4/c27-17-7-4-10-24-20(17)25-21(28)16(11-13-5-2-1-3-6-13)26-22(29)18-14-8-9-15(12-14)19(18)23(26)30/h1-10,14-16,18-19,27H,11-12H2,(H,24,25,28)/t14-,15-,16-,18-,19-/m0/s1. The van der Waals surface area contributed by atoms with Crippen LogP contribution in [0.25, 0.3) is 0 Å². The first-order valence-electron chi connectivity index (χ1n) is 10.1. The van der Waals surface area contributed by atoms with Crippen molar-refractivity contribution >= 4 is 23.5 Å². The first kappa shape index (κ1) is 18.5. The van der Waals surface area contributed by atoms with Gasteiger partial charge in [-0.15, -0.1) is 0 Å². The van der Waals surface area contributed by atoms with Gasteiger partial charge < -0.3 is 10.4 Å². The molecule has 152 valence electrons. The minimum atomic E-state index is -1.01. The number of hydrogen-bond acceptors (Lipinski definition) is 5. The Morgan fingerprint density at radius 3 is 2.37 bits per heavy atom. The minimum absolute atomic E-state index is 0.00147. The fourth-order valence-corrected chi connectivity index (χ4v) is 5.06. The molecule has 1 aliphatic heterocycles. The molecule has 2 heterocycles. The van der Waals surface area contributed by atoms with Crippen molar-refractivity contribution in [2.24, 2.45) is 23.7 Å². The van der Waals surface area contributed by atoms with Crippen LogP contribution in [0.3, 0.4) is 0 Å². The lowest BCUT2D eigenvalue weighted by molar-refractivity contribution is -0.147. The number of benzene rings is 1. The summed E-state index contributed by atoms with van der Waals surface area (Å²) in [4.78, 5) is 44.9. The van der Waals surface area contributed by atoms with Crippen LogP contribution in [0.4, 0.5) is 5.82 Å². The zero-order valence-corrected chi connectivity index (χ0v) is 16.1. The number of allylic oxidation sites excluding steroid dienone is 2. The summed E-state index contributed by atoms with van der Waals surface area (Å²) in [7, 11) is 0. The van der Waals surface area contributed by atoms with Crippen molar-refractivity contribution in [1.82, 2.24) is 9.88 Å². The normalized spacial score (nSPS) is 27.4. The maximum atomic E-state index is 13.3. The molecule has 2 bridgehead atoms. The maximum absolute atomic E-state index is 13.3. The number of nitrogens with one attached hydrogen (secondary N) is 1. The van der Waals surface area contributed by atoms with Crippen LogP contribution >= 0.6 is 0 Å². The number of likely N-dealkylation sites (tertiary alicyclic amines) is 1. The molecule has 5 atom stereocenters. The highest BCUT2D eigenvalue weighted by molar-refractivity contribution is 6.11. The van der Waals surface area contributed by atoms with E-state index in [2.05, 4.69) is 10.3 Å². The van der Waals surface area contributed by atoms with Crippen LogP contribution in [0.2, 0.25) is 0 Å². The Balaban J connectivity index is 1.47. The number of amides is 3. The van der Waals surface area contributed by atoms with Crippen molar-refractivity contribution in [2.75, 3.05) is 5.32 Å². The van der Waals surface area contributed by atoms with Gasteiger partial charge in [0.25, 0.3) is 0 Å². The van der Waals surface area contributed by atoms with E-state index in [1.165, 1.54) is 12.3 Å². The largest absolute Gasteiger partial charge is 0.504 e. The van der Waals surface area contributed by atoms with Gasteiger partial charge in [0.2, 0.25) is 17.7 Å². The third-order valence-electron chi connectivity index (χ3n) is 6.42. The molecule has 2 N–H and O–H groups in total. The van der Waals surface area contributed by atoms with E-state index in [0.717, 1.165) is 16.9 Å². The van der Waals surface area contributed by atoms with E-state index in [1.807, 2.05) is 42.5 Å². The molecule has 1 aromatic heterocycles. The Morgan fingerprint density at radius 2 is 1.73 bits per heavy atom. The van der Waals surface area contributed by atoms with Gasteiger partial charge in [0.15, 0.2) is 11.6 Å². The Morgan fingerprint density at radius 1 is 1.07 bits per heavy atom. The highest BCUT2D eigenvalue weighted by atomic mass is 16.3. The zero-order chi connectivity index (χ0) is 20.8. The lowest BCUT2D eigenvalue weighted by Crippen LogP contribution is -2.49. The Kier molecular flexibility index (Phi) is 4.38. The lowest BCUT2D eigenvalue weighted by atomic mass is 9.85. The number of imide groups is 1. The van der Waals surface area contributed by atoms with Gasteiger partial charge in [-0.05, 0) is 36.0 Å². The summed E-state index contributed by atoms with van der Waals surface area (Å²) in [5, 5.41) is 12.6. The third kappa shape index (κ3) is 2.89. The third-order valence-corrected chi connectivity index (χ3v) is 6.42. The molecule has 2 aromatic rings. The monoisotopic (exact) mass is 403 g/mol. The van der Waals surface area contributed by atoms with Crippen molar-refractivity contribution in [3.8, 4) is 5.75 Å². The first-order chi connectivity index (χ1) is 14.5. The van der Waals surface area contributed by atoms with Gasteiger partial charge in [-0.3, -0.25) is 19.3 Å². The molecule has 0 radical (unpaired) electrons. The number of anilines is 1. The highest BCUT2D eigenvalue weighted by Gasteiger charge is 2.61. The average Bonchev–Trinajstić information content (AvgIpc) is 3.43. The van der Waals surface area contributed by atoms with Crippen LogP contribution in [0, 0.1) is 23.7 Å². The second-order valence-corrected chi connectivity index (χ2v) is 8.11. The topological polar surface area (TPSA) is 99.6 Å². The van der Waals surface area contributed by atoms with E-state index in [0.29, 0.717) is 0 Å². The highest BCUT2D eigenvalue weighted by Crippen LogP contribution is 2.53. The van der Waals surface area contributed by atoms with Crippen molar-refractivity contribution in [3.63, 3.8) is 0 Å².